The fourth-order valence-electron chi connectivity index (χ4n) is 5.82. The molecule has 2 N–H and O–H groups in total. The predicted molar refractivity (Wildman–Crippen MR) is 185 cm³/mol. The van der Waals surface area contributed by atoms with Gasteiger partial charge in [0.25, 0.3) is 0 Å². The van der Waals surface area contributed by atoms with E-state index in [1.807, 2.05) is 26.8 Å². The number of halogens is 1. The Balaban J connectivity index is 1.45. The van der Waals surface area contributed by atoms with E-state index in [-0.39, 0.29) is 44.8 Å². The van der Waals surface area contributed by atoms with Gasteiger partial charge in [-0.25, -0.2) is 24.4 Å². The van der Waals surface area contributed by atoms with Gasteiger partial charge in [-0.2, -0.15) is 5.26 Å². The number of anilines is 1. The largest absolute Gasteiger partial charge is 0.459 e. The number of esters is 3. The minimum atomic E-state index is -1.34. The van der Waals surface area contributed by atoms with Crippen LogP contribution in [0.4, 0.5) is 5.82 Å². The van der Waals surface area contributed by atoms with Gasteiger partial charge in [0.15, 0.2) is 18.4 Å². The zero-order chi connectivity index (χ0) is 35.7. The highest BCUT2D eigenvalue weighted by Crippen LogP contribution is 2.42. The van der Waals surface area contributed by atoms with Crippen molar-refractivity contribution in [3.8, 4) is 6.07 Å². The smallest absolute Gasteiger partial charge is 0.338 e. The third-order valence-corrected chi connectivity index (χ3v) is 9.22. The highest BCUT2D eigenvalue weighted by molar-refractivity contribution is 9.10. The predicted octanol–water partition coefficient (Wildman–Crippen LogP) is 6.09. The zero-order valence-corrected chi connectivity index (χ0v) is 29.1. The second-order valence-electron chi connectivity index (χ2n) is 12.1. The van der Waals surface area contributed by atoms with E-state index in [1.54, 1.807) is 67.6 Å². The summed E-state index contributed by atoms with van der Waals surface area (Å²) in [7, 11) is 0. The van der Waals surface area contributed by atoms with Crippen LogP contribution < -0.4 is 5.73 Å². The van der Waals surface area contributed by atoms with Crippen molar-refractivity contribution in [2.24, 2.45) is 0 Å². The zero-order valence-electron chi connectivity index (χ0n) is 27.5. The topological polar surface area (TPSA) is 169 Å². The quantitative estimate of drug-likeness (QED) is 0.145. The van der Waals surface area contributed by atoms with Gasteiger partial charge in [-0.1, -0.05) is 53.1 Å². The van der Waals surface area contributed by atoms with Crippen LogP contribution in [0.1, 0.15) is 65.1 Å². The van der Waals surface area contributed by atoms with Crippen LogP contribution in [0.25, 0.3) is 11.0 Å². The fourth-order valence-corrected chi connectivity index (χ4v) is 6.48. The molecule has 0 unspecified atom stereocenters. The molecule has 1 saturated heterocycles. The first-order chi connectivity index (χ1) is 24.0. The van der Waals surface area contributed by atoms with Crippen molar-refractivity contribution < 1.29 is 33.3 Å². The molecule has 0 radical (unpaired) electrons. The number of nitrogen functional groups attached to an aromatic ring is 1. The normalized spacial score (nSPS) is 18.4. The second-order valence-corrected chi connectivity index (χ2v) is 12.8. The number of aromatic nitrogens is 3. The summed E-state index contributed by atoms with van der Waals surface area (Å²) in [6.07, 6.45) is -3.81. The lowest BCUT2D eigenvalue weighted by molar-refractivity contribution is -0.0612. The Kier molecular flexibility index (Phi) is 9.67. The van der Waals surface area contributed by atoms with E-state index in [1.165, 1.54) is 10.9 Å². The molecule has 50 heavy (non-hydrogen) atoms. The van der Waals surface area contributed by atoms with Crippen molar-refractivity contribution in [1.82, 2.24) is 14.5 Å². The van der Waals surface area contributed by atoms with Crippen LogP contribution in [0.3, 0.4) is 0 Å². The number of hydrogen-bond donors (Lipinski definition) is 1. The Hall–Kier alpha value is -5.58. The SMILES string of the molecule is Cc1ccc(C(=O)OC[C@H]2O[C@@H](n3c(Br)c(C#N)c4c(N)ncnc43)[C@H](OC(=O)c3ccc(C)cc3)[C@@H]2OC(=O)c2ccc(C)cc2C)cc1. The van der Waals surface area contributed by atoms with E-state index in [0.717, 1.165) is 16.7 Å². The van der Waals surface area contributed by atoms with Gasteiger partial charge in [-0.3, -0.25) is 4.57 Å². The minimum absolute atomic E-state index is 0.0404. The van der Waals surface area contributed by atoms with Crippen LogP contribution in [0.2, 0.25) is 0 Å². The highest BCUT2D eigenvalue weighted by Gasteiger charge is 2.52. The summed E-state index contributed by atoms with van der Waals surface area (Å²) < 4.78 is 26.1. The molecule has 0 aliphatic carbocycles. The molecule has 13 heteroatoms. The average Bonchev–Trinajstić information content (AvgIpc) is 3.56. The molecule has 2 aromatic heterocycles. The number of aryl methyl sites for hydroxylation is 4. The molecule has 1 aliphatic heterocycles. The standard InChI is InChI=1S/C37H32BrN5O7/c1-19-5-10-23(11-6-19)35(44)47-17-27-29(49-37(46)25-14-9-21(3)15-22(25)4)30(50-36(45)24-12-7-20(2)8-13-24)34(48-27)43-31(38)26(16-39)28-32(40)41-18-42-33(28)43/h5-15,18,27,29-30,34H,17H2,1-4H3,(H2,40,41,42)/t27-,29-,30-,34-/m1/s1. The molecule has 3 heterocycles. The number of rotatable bonds is 8. The highest BCUT2D eigenvalue weighted by atomic mass is 79.9. The number of ether oxygens (including phenoxy) is 4. The molecule has 4 atom stereocenters. The molecular weight excluding hydrogens is 706 g/mol. The van der Waals surface area contributed by atoms with E-state index in [9.17, 15) is 19.6 Å². The summed E-state index contributed by atoms with van der Waals surface area (Å²) in [6.45, 7) is 7.08. The maximum atomic E-state index is 13.8. The Morgan fingerprint density at radius 3 is 2.08 bits per heavy atom. The maximum absolute atomic E-state index is 13.8. The minimum Gasteiger partial charge on any atom is -0.459 e. The van der Waals surface area contributed by atoms with Gasteiger partial charge < -0.3 is 24.7 Å². The van der Waals surface area contributed by atoms with Crippen molar-refractivity contribution in [3.05, 3.63) is 122 Å². The first-order valence-corrected chi connectivity index (χ1v) is 16.4. The number of nitrogens with zero attached hydrogens (tertiary/aromatic N) is 4. The van der Waals surface area contributed by atoms with Crippen LogP contribution in [0.15, 0.2) is 77.7 Å². The second kappa shape index (κ2) is 14.1. The number of nitriles is 1. The lowest BCUT2D eigenvalue weighted by Gasteiger charge is -2.25. The Morgan fingerprint density at radius 1 is 0.860 bits per heavy atom. The first kappa shape index (κ1) is 34.3. The van der Waals surface area contributed by atoms with Gasteiger partial charge in [0.2, 0.25) is 0 Å². The van der Waals surface area contributed by atoms with Crippen molar-refractivity contribution >= 4 is 50.7 Å². The Bertz CT molecular complexity index is 2160. The monoisotopic (exact) mass is 737 g/mol. The van der Waals surface area contributed by atoms with E-state index >= 15 is 0 Å². The molecule has 0 bridgehead atoms. The maximum Gasteiger partial charge on any atom is 0.338 e. The van der Waals surface area contributed by atoms with Gasteiger partial charge in [0.05, 0.1) is 27.6 Å². The number of hydrogen-bond acceptors (Lipinski definition) is 11. The number of benzene rings is 3. The molecule has 0 spiro atoms. The lowest BCUT2D eigenvalue weighted by atomic mass is 10.1. The molecule has 0 amide bonds. The van der Waals surface area contributed by atoms with Crippen LogP contribution in [-0.2, 0) is 18.9 Å². The molecule has 5 aromatic rings. The molecule has 6 rings (SSSR count). The van der Waals surface area contributed by atoms with Crippen LogP contribution in [0, 0.1) is 39.0 Å². The van der Waals surface area contributed by atoms with Crippen molar-refractivity contribution in [1.29, 1.82) is 5.26 Å². The van der Waals surface area contributed by atoms with E-state index < -0.39 is 42.4 Å². The first-order valence-electron chi connectivity index (χ1n) is 15.6. The van der Waals surface area contributed by atoms with E-state index in [2.05, 4.69) is 32.0 Å². The van der Waals surface area contributed by atoms with Crippen molar-refractivity contribution in [2.45, 2.75) is 52.2 Å². The summed E-state index contributed by atoms with van der Waals surface area (Å²) >= 11 is 3.49. The van der Waals surface area contributed by atoms with E-state index in [4.69, 9.17) is 24.7 Å². The summed E-state index contributed by atoms with van der Waals surface area (Å²) in [4.78, 5) is 49.0. The number of nitrogens with two attached hydrogens (primary N) is 1. The fraction of sp³-hybridized carbons (Fsp3) is 0.243. The summed E-state index contributed by atoms with van der Waals surface area (Å²) in [6, 6.07) is 21.0. The molecule has 12 nitrogen and oxygen atoms in total. The summed E-state index contributed by atoms with van der Waals surface area (Å²) in [5.74, 6) is -2.03. The molecule has 0 saturated carbocycles. The van der Waals surface area contributed by atoms with Gasteiger partial charge in [-0.15, -0.1) is 0 Å². The number of carbonyl (C=O) groups excluding carboxylic acids is 3. The third kappa shape index (κ3) is 6.67. The molecule has 1 aliphatic rings. The van der Waals surface area contributed by atoms with Gasteiger partial charge in [0, 0.05) is 0 Å². The summed E-state index contributed by atoms with van der Waals surface area (Å²) in [5.41, 5.74) is 10.8. The van der Waals surface area contributed by atoms with Crippen LogP contribution >= 0.6 is 15.9 Å². The number of fused-ring (bicyclic) bond motifs is 1. The molecular formula is C37H32BrN5O7. The van der Waals surface area contributed by atoms with Crippen molar-refractivity contribution in [2.75, 3.05) is 12.3 Å². The Labute approximate surface area is 295 Å². The molecule has 254 valence electrons. The van der Waals surface area contributed by atoms with Gasteiger partial charge >= 0.3 is 17.9 Å². The van der Waals surface area contributed by atoms with Gasteiger partial charge in [0.1, 0.15) is 41.2 Å². The van der Waals surface area contributed by atoms with E-state index in [0.29, 0.717) is 11.1 Å². The van der Waals surface area contributed by atoms with Crippen LogP contribution in [0.5, 0.6) is 0 Å². The molecule has 1 fully saturated rings. The lowest BCUT2D eigenvalue weighted by Crippen LogP contribution is -2.41. The third-order valence-electron chi connectivity index (χ3n) is 8.45. The number of carbonyl (C=O) groups is 3. The van der Waals surface area contributed by atoms with Gasteiger partial charge in [-0.05, 0) is 79.5 Å². The summed E-state index contributed by atoms with van der Waals surface area (Å²) in [5, 5.41) is 10.3. The van der Waals surface area contributed by atoms with Crippen molar-refractivity contribution in [3.63, 3.8) is 0 Å². The molecule has 3 aromatic carbocycles. The average molecular weight is 739 g/mol. The van der Waals surface area contributed by atoms with Crippen LogP contribution in [-0.4, -0.2) is 57.4 Å². The Morgan fingerprint density at radius 2 is 1.46 bits per heavy atom.